The molecule has 30 heavy (non-hydrogen) atoms. The van der Waals surface area contributed by atoms with Crippen molar-refractivity contribution in [3.8, 4) is 0 Å². The van der Waals surface area contributed by atoms with Crippen LogP contribution in [0.25, 0.3) is 0 Å². The highest BCUT2D eigenvalue weighted by atomic mass is 19.4. The van der Waals surface area contributed by atoms with Crippen molar-refractivity contribution >= 4 is 0 Å². The Labute approximate surface area is 149 Å². The van der Waals surface area contributed by atoms with Gasteiger partial charge in [-0.15, -0.1) is 0 Å². The summed E-state index contributed by atoms with van der Waals surface area (Å²) >= 11 is 0. The van der Waals surface area contributed by atoms with Crippen molar-refractivity contribution in [1.29, 1.82) is 0 Å². The standard InChI is InChI=1S/C10F19N/c11-1-2(12,4(15,16)7(21,22)6(19,20)3(1,13)14)8(23,24)30(10(27,28)29)9(25,26)5(1,17)18/t1-,2-/m1/s1. The van der Waals surface area contributed by atoms with E-state index in [-0.39, 0.29) is 0 Å². The van der Waals surface area contributed by atoms with Gasteiger partial charge in [-0.1, -0.05) is 4.90 Å². The molecule has 1 saturated carbocycles. The van der Waals surface area contributed by atoms with Crippen molar-refractivity contribution in [1.82, 2.24) is 4.90 Å². The summed E-state index contributed by atoms with van der Waals surface area (Å²) in [5, 5.41) is 0. The maximum atomic E-state index is 14.4. The number of piperidine rings is 1. The van der Waals surface area contributed by atoms with E-state index < -0.39 is 64.2 Å². The first-order chi connectivity index (χ1) is 12.6. The maximum Gasteiger partial charge on any atom is 0.469 e. The van der Waals surface area contributed by atoms with Crippen molar-refractivity contribution in [3.63, 3.8) is 0 Å². The molecule has 0 aromatic heterocycles. The Balaban J connectivity index is 3.23. The molecule has 0 aromatic rings. The Bertz CT molecular complexity index is 749. The number of nitrogens with zero attached hydrogens (tertiary/aromatic N) is 1. The van der Waals surface area contributed by atoms with E-state index in [4.69, 9.17) is 0 Å². The molecule has 0 amide bonds. The summed E-state index contributed by atoms with van der Waals surface area (Å²) in [5.41, 5.74) is -17.4. The third-order valence-corrected chi connectivity index (χ3v) is 4.56. The van der Waals surface area contributed by atoms with Gasteiger partial charge in [-0.25, -0.2) is 8.78 Å². The van der Waals surface area contributed by atoms with E-state index in [0.717, 1.165) is 0 Å². The molecule has 0 radical (unpaired) electrons. The number of rotatable bonds is 0. The van der Waals surface area contributed by atoms with Gasteiger partial charge in [-0.2, -0.15) is 74.6 Å². The normalized spacial score (nSPS) is 40.5. The third kappa shape index (κ3) is 1.84. The Kier molecular flexibility index (Phi) is 4.28. The van der Waals surface area contributed by atoms with Gasteiger partial charge >= 0.3 is 53.7 Å². The van der Waals surface area contributed by atoms with Crippen LogP contribution in [0.15, 0.2) is 0 Å². The number of hydrogen-bond donors (Lipinski definition) is 0. The predicted octanol–water partition coefficient (Wildman–Crippen LogP) is 5.61. The van der Waals surface area contributed by atoms with Crippen molar-refractivity contribution < 1.29 is 83.4 Å². The second-order valence-corrected chi connectivity index (χ2v) is 6.07. The Morgan fingerprint density at radius 2 is 0.667 bits per heavy atom. The Hall–Kier alpha value is -1.37. The van der Waals surface area contributed by atoms with Gasteiger partial charge < -0.3 is 0 Å². The molecule has 1 heterocycles. The minimum absolute atomic E-state index is 4.52. The molecule has 0 spiro atoms. The summed E-state index contributed by atoms with van der Waals surface area (Å²) in [5.74, 6) is -42.2. The zero-order chi connectivity index (χ0) is 24.6. The van der Waals surface area contributed by atoms with Crippen LogP contribution in [0.1, 0.15) is 0 Å². The number of fused-ring (bicyclic) bond motifs is 1. The summed E-state index contributed by atoms with van der Waals surface area (Å²) in [6.45, 7) is 0. The quantitative estimate of drug-likeness (QED) is 0.312. The van der Waals surface area contributed by atoms with E-state index >= 15 is 0 Å². The average molecular weight is 495 g/mol. The number of alkyl halides is 19. The monoisotopic (exact) mass is 495 g/mol. The van der Waals surface area contributed by atoms with Crippen LogP contribution in [-0.2, 0) is 0 Å². The summed E-state index contributed by atoms with van der Waals surface area (Å²) in [6.07, 6.45) is -7.82. The Morgan fingerprint density at radius 1 is 0.367 bits per heavy atom. The first-order valence-corrected chi connectivity index (χ1v) is 6.51. The summed E-state index contributed by atoms with van der Waals surface area (Å²) < 4.78 is 255. The first-order valence-electron chi connectivity index (χ1n) is 6.51. The molecule has 1 nitrogen and oxygen atoms in total. The van der Waals surface area contributed by atoms with Gasteiger partial charge in [0.1, 0.15) is 0 Å². The molecule has 2 aliphatic rings. The minimum Gasteiger partial charge on any atom is -0.226 e. The largest absolute Gasteiger partial charge is 0.469 e. The highest BCUT2D eigenvalue weighted by Gasteiger charge is 3.13. The van der Waals surface area contributed by atoms with E-state index in [0.29, 0.717) is 0 Å². The number of halogens is 19. The van der Waals surface area contributed by atoms with Gasteiger partial charge in [0.25, 0.3) is 5.67 Å². The van der Waals surface area contributed by atoms with Crippen LogP contribution >= 0.6 is 0 Å². The lowest BCUT2D eigenvalue weighted by Crippen LogP contribution is -2.98. The smallest absolute Gasteiger partial charge is 0.226 e. The molecule has 2 fully saturated rings. The Morgan fingerprint density at radius 3 is 0.967 bits per heavy atom. The maximum absolute atomic E-state index is 14.4. The second kappa shape index (κ2) is 5.16. The topological polar surface area (TPSA) is 3.24 Å². The van der Waals surface area contributed by atoms with Crippen LogP contribution < -0.4 is 0 Å². The van der Waals surface area contributed by atoms with Gasteiger partial charge in [0.15, 0.2) is 0 Å². The lowest BCUT2D eigenvalue weighted by atomic mass is 9.59. The van der Waals surface area contributed by atoms with Gasteiger partial charge in [0.05, 0.1) is 0 Å². The molecule has 0 N–H and O–H groups in total. The van der Waals surface area contributed by atoms with Gasteiger partial charge in [-0.3, -0.25) is 0 Å². The zero-order valence-electron chi connectivity index (χ0n) is 12.6. The summed E-state index contributed by atoms with van der Waals surface area (Å²) in [7, 11) is 0. The molecule has 178 valence electrons. The molecular formula is C10F19N. The lowest BCUT2D eigenvalue weighted by Gasteiger charge is -2.63. The fourth-order valence-corrected chi connectivity index (χ4v) is 3.07. The van der Waals surface area contributed by atoms with Crippen LogP contribution in [0.3, 0.4) is 0 Å². The van der Waals surface area contributed by atoms with Crippen molar-refractivity contribution in [2.24, 2.45) is 0 Å². The highest BCUT2D eigenvalue weighted by molar-refractivity contribution is 5.39. The van der Waals surface area contributed by atoms with Crippen LogP contribution in [0.5, 0.6) is 0 Å². The SMILES string of the molecule is FC(F)(F)N1C(F)(F)C(F)(F)[C@]2(F)C(F)(F)C(F)(F)C(F)(F)C(F)(F)[C@@]2(F)C1(F)F. The van der Waals surface area contributed by atoms with E-state index in [1.165, 1.54) is 0 Å². The molecule has 0 unspecified atom stereocenters. The van der Waals surface area contributed by atoms with Gasteiger partial charge in [0.2, 0.25) is 0 Å². The van der Waals surface area contributed by atoms with Crippen molar-refractivity contribution in [3.05, 3.63) is 0 Å². The van der Waals surface area contributed by atoms with E-state index in [1.807, 2.05) is 0 Å². The molecule has 1 aliphatic carbocycles. The van der Waals surface area contributed by atoms with Crippen LogP contribution in [0.4, 0.5) is 83.4 Å². The van der Waals surface area contributed by atoms with E-state index in [9.17, 15) is 83.4 Å². The summed E-state index contributed by atoms with van der Waals surface area (Å²) in [6, 6.07) is -16.6. The van der Waals surface area contributed by atoms with Crippen LogP contribution in [-0.4, -0.2) is 64.2 Å². The zero-order valence-corrected chi connectivity index (χ0v) is 12.6. The summed E-state index contributed by atoms with van der Waals surface area (Å²) in [4.78, 5) is -4.52. The lowest BCUT2D eigenvalue weighted by molar-refractivity contribution is -0.584. The van der Waals surface area contributed by atoms with Crippen molar-refractivity contribution in [2.45, 2.75) is 59.3 Å². The predicted molar refractivity (Wildman–Crippen MR) is 50.2 cm³/mol. The third-order valence-electron chi connectivity index (χ3n) is 4.56. The molecule has 2 atom stereocenters. The number of likely N-dealkylation sites (tertiary alicyclic amines) is 1. The molecule has 2 rings (SSSR count). The first kappa shape index (κ1) is 24.9. The molecule has 20 heteroatoms. The van der Waals surface area contributed by atoms with Gasteiger partial charge in [-0.05, 0) is 0 Å². The second-order valence-electron chi connectivity index (χ2n) is 6.07. The average Bonchev–Trinajstić information content (AvgIpc) is 2.47. The highest BCUT2D eigenvalue weighted by Crippen LogP contribution is 2.79. The van der Waals surface area contributed by atoms with Crippen LogP contribution in [0.2, 0.25) is 0 Å². The minimum atomic E-state index is -8.71. The van der Waals surface area contributed by atoms with Crippen LogP contribution in [0, 0.1) is 0 Å². The van der Waals surface area contributed by atoms with E-state index in [2.05, 4.69) is 0 Å². The number of hydrogen-bond acceptors (Lipinski definition) is 1. The molecule has 1 saturated heterocycles. The fourth-order valence-electron chi connectivity index (χ4n) is 3.07. The van der Waals surface area contributed by atoms with Gasteiger partial charge in [0, 0.05) is 0 Å². The molecule has 1 aliphatic heterocycles. The molecule has 0 aromatic carbocycles. The van der Waals surface area contributed by atoms with E-state index in [1.54, 1.807) is 0 Å². The fraction of sp³-hybridized carbons (Fsp3) is 1.00. The molecule has 0 bridgehead atoms. The molecular weight excluding hydrogens is 495 g/mol. The van der Waals surface area contributed by atoms with Crippen molar-refractivity contribution in [2.75, 3.05) is 0 Å².